The number of benzene rings is 1. The third-order valence-corrected chi connectivity index (χ3v) is 4.30. The highest BCUT2D eigenvalue weighted by Crippen LogP contribution is 2.25. The molecule has 0 spiro atoms. The van der Waals surface area contributed by atoms with Crippen molar-refractivity contribution in [1.29, 1.82) is 0 Å². The third kappa shape index (κ3) is 3.73. The van der Waals surface area contributed by atoms with Gasteiger partial charge in [-0.05, 0) is 43.9 Å². The molecule has 0 aliphatic carbocycles. The van der Waals surface area contributed by atoms with Crippen LogP contribution in [0.25, 0.3) is 0 Å². The van der Waals surface area contributed by atoms with Crippen molar-refractivity contribution in [1.82, 2.24) is 4.90 Å². The van der Waals surface area contributed by atoms with E-state index in [1.54, 1.807) is 12.1 Å². The molecule has 19 heavy (non-hydrogen) atoms. The van der Waals surface area contributed by atoms with E-state index in [0.29, 0.717) is 16.6 Å². The molecule has 0 bridgehead atoms. The van der Waals surface area contributed by atoms with E-state index in [1.807, 2.05) is 11.0 Å². The summed E-state index contributed by atoms with van der Waals surface area (Å²) in [6, 6.07) is 5.81. The number of rotatable bonds is 3. The Bertz CT molecular complexity index is 441. The summed E-state index contributed by atoms with van der Waals surface area (Å²) in [7, 11) is 0. The van der Waals surface area contributed by atoms with Crippen LogP contribution in [0.15, 0.2) is 22.7 Å². The van der Waals surface area contributed by atoms with Gasteiger partial charge in [-0.15, -0.1) is 0 Å². The minimum absolute atomic E-state index is 0.112. The molecule has 0 saturated carbocycles. The summed E-state index contributed by atoms with van der Waals surface area (Å²) in [6.07, 6.45) is 5.67. The van der Waals surface area contributed by atoms with Crippen molar-refractivity contribution < 1.29 is 4.79 Å². The molecule has 1 amide bonds. The molecule has 2 rings (SSSR count). The molecule has 1 atom stereocenters. The minimum Gasteiger partial charge on any atom is -0.336 e. The molecule has 1 fully saturated rings. The topological polar surface area (TPSA) is 20.3 Å². The Balaban J connectivity index is 2.20. The molecule has 1 aliphatic rings. The Morgan fingerprint density at radius 2 is 2.21 bits per heavy atom. The van der Waals surface area contributed by atoms with Crippen LogP contribution in [-0.4, -0.2) is 23.4 Å². The number of nitrogens with zero attached hydrogens (tertiary/aromatic N) is 1. The van der Waals surface area contributed by atoms with E-state index in [4.69, 9.17) is 11.6 Å². The van der Waals surface area contributed by atoms with E-state index in [0.717, 1.165) is 36.7 Å². The molecule has 104 valence electrons. The maximum absolute atomic E-state index is 12.6. The van der Waals surface area contributed by atoms with Crippen LogP contribution in [0.1, 0.15) is 49.4 Å². The summed E-state index contributed by atoms with van der Waals surface area (Å²) in [4.78, 5) is 14.7. The molecule has 1 aliphatic heterocycles. The van der Waals surface area contributed by atoms with Gasteiger partial charge in [-0.1, -0.05) is 40.9 Å². The highest BCUT2D eigenvalue weighted by atomic mass is 79.9. The Kier molecular flexibility index (Phi) is 5.28. The van der Waals surface area contributed by atoms with Crippen molar-refractivity contribution in [3.05, 3.63) is 33.3 Å². The monoisotopic (exact) mass is 343 g/mol. The lowest BCUT2D eigenvalue weighted by Gasteiger charge is -2.36. The molecule has 1 aromatic rings. The molecule has 0 radical (unpaired) electrons. The number of halogens is 2. The number of piperidine rings is 1. The second-order valence-electron chi connectivity index (χ2n) is 5.09. The van der Waals surface area contributed by atoms with Crippen LogP contribution in [0.2, 0.25) is 5.02 Å². The first-order chi connectivity index (χ1) is 9.11. The maximum Gasteiger partial charge on any atom is 0.254 e. The zero-order chi connectivity index (χ0) is 13.8. The van der Waals surface area contributed by atoms with Gasteiger partial charge in [0, 0.05) is 27.6 Å². The van der Waals surface area contributed by atoms with E-state index >= 15 is 0 Å². The number of amides is 1. The van der Waals surface area contributed by atoms with Crippen LogP contribution in [0.3, 0.4) is 0 Å². The Hall–Kier alpha value is -0.540. The predicted octanol–water partition coefficient (Wildman–Crippen LogP) is 4.90. The number of hydrogen-bond acceptors (Lipinski definition) is 1. The molecule has 4 heteroatoms. The van der Waals surface area contributed by atoms with Gasteiger partial charge in [0.2, 0.25) is 0 Å². The minimum atomic E-state index is 0.112. The molecule has 1 aromatic carbocycles. The quantitative estimate of drug-likeness (QED) is 0.764. The average Bonchev–Trinajstić information content (AvgIpc) is 2.38. The fraction of sp³-hybridized carbons (Fsp3) is 0.533. The SMILES string of the molecule is CCCC1CCCCN1C(=O)c1cc(Cl)cc(Br)c1. The summed E-state index contributed by atoms with van der Waals surface area (Å²) in [5.74, 6) is 0.112. The van der Waals surface area contributed by atoms with Gasteiger partial charge in [0.05, 0.1) is 0 Å². The van der Waals surface area contributed by atoms with Crippen molar-refractivity contribution in [3.63, 3.8) is 0 Å². The zero-order valence-corrected chi connectivity index (χ0v) is 13.5. The van der Waals surface area contributed by atoms with Crippen LogP contribution < -0.4 is 0 Å². The largest absolute Gasteiger partial charge is 0.336 e. The molecule has 2 nitrogen and oxygen atoms in total. The lowest BCUT2D eigenvalue weighted by Crippen LogP contribution is -2.43. The van der Waals surface area contributed by atoms with E-state index in [1.165, 1.54) is 6.42 Å². The lowest BCUT2D eigenvalue weighted by molar-refractivity contribution is 0.0600. The Morgan fingerprint density at radius 1 is 1.42 bits per heavy atom. The summed E-state index contributed by atoms with van der Waals surface area (Å²) < 4.78 is 0.854. The lowest BCUT2D eigenvalue weighted by atomic mass is 9.97. The van der Waals surface area contributed by atoms with Crippen molar-refractivity contribution in [2.75, 3.05) is 6.54 Å². The first-order valence-corrected chi connectivity index (χ1v) is 8.06. The molecule has 1 heterocycles. The van der Waals surface area contributed by atoms with Gasteiger partial charge >= 0.3 is 0 Å². The van der Waals surface area contributed by atoms with Gasteiger partial charge in [0.25, 0.3) is 5.91 Å². The summed E-state index contributed by atoms with van der Waals surface area (Å²) >= 11 is 9.43. The van der Waals surface area contributed by atoms with Gasteiger partial charge in [-0.25, -0.2) is 0 Å². The smallest absolute Gasteiger partial charge is 0.254 e. The maximum atomic E-state index is 12.6. The fourth-order valence-corrected chi connectivity index (χ4v) is 3.60. The van der Waals surface area contributed by atoms with Crippen LogP contribution in [-0.2, 0) is 0 Å². The second-order valence-corrected chi connectivity index (χ2v) is 6.45. The molecule has 1 saturated heterocycles. The summed E-state index contributed by atoms with van der Waals surface area (Å²) in [6.45, 7) is 3.04. The van der Waals surface area contributed by atoms with E-state index < -0.39 is 0 Å². The first kappa shape index (κ1) is 14.9. The number of likely N-dealkylation sites (tertiary alicyclic amines) is 1. The van der Waals surface area contributed by atoms with E-state index in [9.17, 15) is 4.79 Å². The second kappa shape index (κ2) is 6.76. The molecular weight excluding hydrogens is 326 g/mol. The third-order valence-electron chi connectivity index (χ3n) is 3.62. The van der Waals surface area contributed by atoms with Gasteiger partial charge in [0.1, 0.15) is 0 Å². The van der Waals surface area contributed by atoms with E-state index in [-0.39, 0.29) is 5.91 Å². The molecule has 0 N–H and O–H groups in total. The van der Waals surface area contributed by atoms with Gasteiger partial charge < -0.3 is 4.90 Å². The van der Waals surface area contributed by atoms with Crippen molar-refractivity contribution in [2.45, 2.75) is 45.1 Å². The van der Waals surface area contributed by atoms with E-state index in [2.05, 4.69) is 22.9 Å². The van der Waals surface area contributed by atoms with Crippen molar-refractivity contribution >= 4 is 33.4 Å². The standard InChI is InChI=1S/C15H19BrClNO/c1-2-5-14-6-3-4-7-18(14)15(19)11-8-12(16)10-13(17)9-11/h8-10,14H,2-7H2,1H3. The molecule has 1 unspecified atom stereocenters. The highest BCUT2D eigenvalue weighted by molar-refractivity contribution is 9.10. The normalized spacial score (nSPS) is 19.5. The van der Waals surface area contributed by atoms with Crippen molar-refractivity contribution in [3.8, 4) is 0 Å². The number of carbonyl (C=O) groups excluding carboxylic acids is 1. The van der Waals surface area contributed by atoms with Crippen LogP contribution >= 0.6 is 27.5 Å². The molecule has 0 aromatic heterocycles. The number of hydrogen-bond donors (Lipinski definition) is 0. The Morgan fingerprint density at radius 3 is 2.89 bits per heavy atom. The molecular formula is C15H19BrClNO. The van der Waals surface area contributed by atoms with Gasteiger partial charge in [0.15, 0.2) is 0 Å². The number of carbonyl (C=O) groups is 1. The van der Waals surface area contributed by atoms with Gasteiger partial charge in [-0.2, -0.15) is 0 Å². The first-order valence-electron chi connectivity index (χ1n) is 6.89. The zero-order valence-electron chi connectivity index (χ0n) is 11.2. The predicted molar refractivity (Wildman–Crippen MR) is 82.7 cm³/mol. The van der Waals surface area contributed by atoms with Crippen molar-refractivity contribution in [2.24, 2.45) is 0 Å². The highest BCUT2D eigenvalue weighted by Gasteiger charge is 2.26. The summed E-state index contributed by atoms with van der Waals surface area (Å²) in [5.41, 5.74) is 0.683. The van der Waals surface area contributed by atoms with Crippen LogP contribution in [0.4, 0.5) is 0 Å². The Labute approximate surface area is 128 Å². The van der Waals surface area contributed by atoms with Crippen LogP contribution in [0.5, 0.6) is 0 Å². The van der Waals surface area contributed by atoms with Gasteiger partial charge in [-0.3, -0.25) is 4.79 Å². The summed E-state index contributed by atoms with van der Waals surface area (Å²) in [5, 5.41) is 0.599. The average molecular weight is 345 g/mol. The van der Waals surface area contributed by atoms with Crippen LogP contribution in [0, 0.1) is 0 Å². The fourth-order valence-electron chi connectivity index (χ4n) is 2.74.